The summed E-state index contributed by atoms with van der Waals surface area (Å²) in [5, 5.41) is 4.91. The maximum Gasteiger partial charge on any atom is 0.244 e. The first-order chi connectivity index (χ1) is 11.7. The van der Waals surface area contributed by atoms with Gasteiger partial charge in [-0.15, -0.1) is 0 Å². The molecule has 2 amide bonds. The van der Waals surface area contributed by atoms with Gasteiger partial charge in [0.15, 0.2) is 0 Å². The molecule has 1 heterocycles. The van der Waals surface area contributed by atoms with Crippen LogP contribution in [-0.2, 0) is 9.59 Å². The fourth-order valence-electron chi connectivity index (χ4n) is 3.47. The predicted molar refractivity (Wildman–Crippen MR) is 90.2 cm³/mol. The smallest absolute Gasteiger partial charge is 0.244 e. The summed E-state index contributed by atoms with van der Waals surface area (Å²) in [5.41, 5.74) is 3.65. The lowest BCUT2D eigenvalue weighted by atomic mass is 9.95. The van der Waals surface area contributed by atoms with Crippen molar-refractivity contribution in [1.82, 2.24) is 15.8 Å². The zero-order valence-corrected chi connectivity index (χ0v) is 14.1. The number of carbonyl (C=O) groups is 2. The van der Waals surface area contributed by atoms with Crippen molar-refractivity contribution in [3.63, 3.8) is 0 Å². The molecule has 1 saturated heterocycles. The number of nitrogens with one attached hydrogen (secondary N) is 2. The highest BCUT2D eigenvalue weighted by Gasteiger charge is 2.33. The first-order valence-electron chi connectivity index (χ1n) is 8.68. The van der Waals surface area contributed by atoms with Crippen LogP contribution < -0.4 is 15.5 Å². The van der Waals surface area contributed by atoms with Crippen LogP contribution in [0.25, 0.3) is 0 Å². The Labute approximate surface area is 142 Å². The van der Waals surface area contributed by atoms with Crippen molar-refractivity contribution in [2.45, 2.75) is 50.6 Å². The van der Waals surface area contributed by atoms with E-state index in [2.05, 4.69) is 10.7 Å². The molecule has 6 heteroatoms. The van der Waals surface area contributed by atoms with E-state index in [0.29, 0.717) is 13.0 Å². The molecule has 0 bridgehead atoms. The van der Waals surface area contributed by atoms with E-state index in [4.69, 9.17) is 4.74 Å². The lowest BCUT2D eigenvalue weighted by Gasteiger charge is -2.30. The predicted octanol–water partition coefficient (Wildman–Crippen LogP) is 1.92. The van der Waals surface area contributed by atoms with Crippen LogP contribution >= 0.6 is 0 Å². The third-order valence-corrected chi connectivity index (χ3v) is 4.79. The summed E-state index contributed by atoms with van der Waals surface area (Å²) < 4.78 is 5.19. The molecule has 1 aromatic carbocycles. The van der Waals surface area contributed by atoms with E-state index < -0.39 is 6.04 Å². The molecule has 1 unspecified atom stereocenters. The fourth-order valence-corrected chi connectivity index (χ4v) is 3.47. The van der Waals surface area contributed by atoms with Gasteiger partial charge in [-0.25, -0.2) is 5.01 Å². The number of rotatable bonds is 5. The Morgan fingerprint density at radius 1 is 1.25 bits per heavy atom. The van der Waals surface area contributed by atoms with Gasteiger partial charge in [-0.3, -0.25) is 15.0 Å². The molecule has 0 radical (unpaired) electrons. The van der Waals surface area contributed by atoms with E-state index in [1.54, 1.807) is 12.1 Å². The van der Waals surface area contributed by atoms with Crippen LogP contribution in [0.1, 0.15) is 50.1 Å². The van der Waals surface area contributed by atoms with Crippen LogP contribution in [0.4, 0.5) is 0 Å². The van der Waals surface area contributed by atoms with Crippen molar-refractivity contribution in [3.05, 3.63) is 29.8 Å². The van der Waals surface area contributed by atoms with Gasteiger partial charge in [0, 0.05) is 19.0 Å². The molecule has 2 aliphatic rings. The summed E-state index contributed by atoms with van der Waals surface area (Å²) in [7, 11) is 1.61. The number of nitrogens with zero attached hydrogens (tertiary/aromatic N) is 1. The van der Waals surface area contributed by atoms with E-state index >= 15 is 0 Å². The molecule has 0 aromatic heterocycles. The number of methoxy groups -OCH3 is 1. The standard InChI is InChI=1S/C18H25N3O3/c1-24-15-9-7-13(8-10-15)17(21-12-11-16(22)20-21)18(23)19-14-5-3-2-4-6-14/h7-10,14,17H,2-6,11-12H2,1H3,(H,19,23)(H,20,22). The van der Waals surface area contributed by atoms with Gasteiger partial charge >= 0.3 is 0 Å². The molecule has 130 valence electrons. The summed E-state index contributed by atoms with van der Waals surface area (Å²) in [6, 6.07) is 7.18. The molecule has 24 heavy (non-hydrogen) atoms. The van der Waals surface area contributed by atoms with Crippen LogP contribution in [0.5, 0.6) is 5.75 Å². The molecule has 2 N–H and O–H groups in total. The van der Waals surface area contributed by atoms with Gasteiger partial charge in [-0.2, -0.15) is 0 Å². The quantitative estimate of drug-likeness (QED) is 0.865. The number of benzene rings is 1. The average Bonchev–Trinajstić information content (AvgIpc) is 3.02. The van der Waals surface area contributed by atoms with Gasteiger partial charge in [-0.05, 0) is 30.5 Å². The van der Waals surface area contributed by atoms with Crippen molar-refractivity contribution < 1.29 is 14.3 Å². The number of amides is 2. The average molecular weight is 331 g/mol. The van der Waals surface area contributed by atoms with Crippen molar-refractivity contribution in [3.8, 4) is 5.75 Å². The molecule has 6 nitrogen and oxygen atoms in total. The third kappa shape index (κ3) is 3.87. The molecule has 1 aromatic rings. The molecular weight excluding hydrogens is 306 g/mol. The minimum Gasteiger partial charge on any atom is -0.497 e. The molecule has 3 rings (SSSR count). The van der Waals surface area contributed by atoms with Gasteiger partial charge in [0.25, 0.3) is 0 Å². The van der Waals surface area contributed by atoms with E-state index in [9.17, 15) is 9.59 Å². The summed E-state index contributed by atoms with van der Waals surface area (Å²) in [6.07, 6.45) is 6.07. The Hall–Kier alpha value is -2.08. The second kappa shape index (κ2) is 7.66. The largest absolute Gasteiger partial charge is 0.497 e. The maximum absolute atomic E-state index is 12.9. The monoisotopic (exact) mass is 331 g/mol. The fraction of sp³-hybridized carbons (Fsp3) is 0.556. The van der Waals surface area contributed by atoms with Gasteiger partial charge in [0.05, 0.1) is 7.11 Å². The zero-order chi connectivity index (χ0) is 16.9. The highest BCUT2D eigenvalue weighted by atomic mass is 16.5. The lowest BCUT2D eigenvalue weighted by molar-refractivity contribution is -0.129. The van der Waals surface area contributed by atoms with Crippen LogP contribution in [0.2, 0.25) is 0 Å². The third-order valence-electron chi connectivity index (χ3n) is 4.79. The van der Waals surface area contributed by atoms with E-state index in [1.807, 2.05) is 24.3 Å². The number of hydrazine groups is 1. The normalized spacial score (nSPS) is 20.5. The summed E-state index contributed by atoms with van der Waals surface area (Å²) in [6.45, 7) is 0.535. The van der Waals surface area contributed by atoms with Crippen LogP contribution in [0.3, 0.4) is 0 Å². The van der Waals surface area contributed by atoms with E-state index in [-0.39, 0.29) is 17.9 Å². The Balaban J connectivity index is 1.77. The molecule has 2 fully saturated rings. The van der Waals surface area contributed by atoms with Crippen LogP contribution in [0.15, 0.2) is 24.3 Å². The van der Waals surface area contributed by atoms with Gasteiger partial charge in [0.2, 0.25) is 11.8 Å². The minimum atomic E-state index is -0.510. The summed E-state index contributed by atoms with van der Waals surface area (Å²) in [4.78, 5) is 24.5. The molecule has 1 atom stereocenters. The highest BCUT2D eigenvalue weighted by molar-refractivity contribution is 5.85. The minimum absolute atomic E-state index is 0.0426. The highest BCUT2D eigenvalue weighted by Crippen LogP contribution is 2.26. The molecule has 1 aliphatic carbocycles. The topological polar surface area (TPSA) is 70.7 Å². The zero-order valence-electron chi connectivity index (χ0n) is 14.1. The molecular formula is C18H25N3O3. The lowest BCUT2D eigenvalue weighted by Crippen LogP contribution is -2.47. The molecule has 1 saturated carbocycles. The van der Waals surface area contributed by atoms with E-state index in [0.717, 1.165) is 24.2 Å². The summed E-state index contributed by atoms with van der Waals surface area (Å²) in [5.74, 6) is 0.656. The Morgan fingerprint density at radius 3 is 2.54 bits per heavy atom. The summed E-state index contributed by atoms with van der Waals surface area (Å²) >= 11 is 0. The van der Waals surface area contributed by atoms with Gasteiger partial charge in [0.1, 0.15) is 11.8 Å². The number of ether oxygens (including phenoxy) is 1. The second-order valence-electron chi connectivity index (χ2n) is 6.50. The number of hydrogen-bond donors (Lipinski definition) is 2. The van der Waals surface area contributed by atoms with Crippen molar-refractivity contribution in [2.24, 2.45) is 0 Å². The van der Waals surface area contributed by atoms with E-state index in [1.165, 1.54) is 19.3 Å². The Bertz CT molecular complexity index is 582. The second-order valence-corrected chi connectivity index (χ2v) is 6.50. The molecule has 1 aliphatic heterocycles. The van der Waals surface area contributed by atoms with Crippen molar-refractivity contribution in [1.29, 1.82) is 0 Å². The maximum atomic E-state index is 12.9. The van der Waals surface area contributed by atoms with Crippen molar-refractivity contribution in [2.75, 3.05) is 13.7 Å². The number of hydrogen-bond acceptors (Lipinski definition) is 4. The van der Waals surface area contributed by atoms with Gasteiger partial charge < -0.3 is 10.1 Å². The number of carbonyl (C=O) groups excluding carboxylic acids is 2. The van der Waals surface area contributed by atoms with Crippen LogP contribution in [-0.4, -0.2) is 36.5 Å². The first-order valence-corrected chi connectivity index (χ1v) is 8.68. The Kier molecular flexibility index (Phi) is 5.35. The Morgan fingerprint density at radius 2 is 1.96 bits per heavy atom. The van der Waals surface area contributed by atoms with Crippen LogP contribution in [0, 0.1) is 0 Å². The SMILES string of the molecule is COc1ccc(C(C(=O)NC2CCCCC2)N2CCC(=O)N2)cc1. The van der Waals surface area contributed by atoms with Crippen molar-refractivity contribution >= 4 is 11.8 Å². The first kappa shape index (κ1) is 16.8. The molecule has 0 spiro atoms. The van der Waals surface area contributed by atoms with Gasteiger partial charge in [-0.1, -0.05) is 31.4 Å².